The Balaban J connectivity index is 1.82. The van der Waals surface area contributed by atoms with Gasteiger partial charge in [-0.15, -0.1) is 0 Å². The highest BCUT2D eigenvalue weighted by Gasteiger charge is 2.09. The molecule has 1 aliphatic heterocycles. The predicted molar refractivity (Wildman–Crippen MR) is 77.2 cm³/mol. The van der Waals surface area contributed by atoms with Crippen LogP contribution in [-0.2, 0) is 4.74 Å². The van der Waals surface area contributed by atoms with E-state index < -0.39 is 0 Å². The molecule has 3 nitrogen and oxygen atoms in total. The van der Waals surface area contributed by atoms with E-state index in [2.05, 4.69) is 24.1 Å². The van der Waals surface area contributed by atoms with Gasteiger partial charge in [0.05, 0.1) is 18.5 Å². The molecular weight excluding hydrogens is 238 g/mol. The smallest absolute Gasteiger partial charge is 0.137 e. The molecule has 0 amide bonds. The Labute approximate surface area is 115 Å². The zero-order valence-electron chi connectivity index (χ0n) is 11.7. The van der Waals surface area contributed by atoms with Crippen LogP contribution in [0, 0.1) is 5.92 Å². The third-order valence-electron chi connectivity index (χ3n) is 3.33. The number of nitrogens with zero attached hydrogens (tertiary/aromatic N) is 1. The fourth-order valence-corrected chi connectivity index (χ4v) is 2.05. The van der Waals surface area contributed by atoms with E-state index in [1.165, 1.54) is 0 Å². The number of hydrogen-bond donors (Lipinski definition) is 0. The Morgan fingerprint density at radius 3 is 2.89 bits per heavy atom. The molecule has 1 saturated heterocycles. The molecule has 2 rings (SSSR count). The molecule has 0 aliphatic carbocycles. The van der Waals surface area contributed by atoms with Crippen molar-refractivity contribution in [3.05, 3.63) is 30.1 Å². The van der Waals surface area contributed by atoms with Crippen molar-refractivity contribution in [2.75, 3.05) is 19.8 Å². The fourth-order valence-electron chi connectivity index (χ4n) is 2.05. The Kier molecular flexibility index (Phi) is 5.89. The van der Waals surface area contributed by atoms with Crippen LogP contribution in [0.4, 0.5) is 0 Å². The fraction of sp³-hybridized carbons (Fsp3) is 0.562. The van der Waals surface area contributed by atoms with Gasteiger partial charge in [0.25, 0.3) is 0 Å². The number of unbranched alkanes of at least 4 members (excludes halogenated alkanes) is 1. The van der Waals surface area contributed by atoms with E-state index >= 15 is 0 Å². The number of aromatic nitrogens is 1. The second-order valence-corrected chi connectivity index (χ2v) is 4.93. The largest absolute Gasteiger partial charge is 0.492 e. The molecule has 0 saturated carbocycles. The number of allylic oxidation sites excluding steroid dienone is 1. The third kappa shape index (κ3) is 5.03. The van der Waals surface area contributed by atoms with Crippen LogP contribution in [0.15, 0.2) is 24.4 Å². The van der Waals surface area contributed by atoms with Crippen molar-refractivity contribution in [1.29, 1.82) is 0 Å². The van der Waals surface area contributed by atoms with Gasteiger partial charge in [-0.25, -0.2) is 0 Å². The molecule has 0 bridgehead atoms. The minimum absolute atomic E-state index is 0.635. The summed E-state index contributed by atoms with van der Waals surface area (Å²) in [6.07, 6.45) is 10.6. The van der Waals surface area contributed by atoms with Crippen molar-refractivity contribution in [1.82, 2.24) is 4.98 Å². The van der Waals surface area contributed by atoms with E-state index in [9.17, 15) is 0 Å². The van der Waals surface area contributed by atoms with Crippen molar-refractivity contribution < 1.29 is 9.47 Å². The van der Waals surface area contributed by atoms with Crippen molar-refractivity contribution >= 4 is 6.08 Å². The molecule has 0 spiro atoms. The molecule has 1 aromatic heterocycles. The van der Waals surface area contributed by atoms with Crippen molar-refractivity contribution in [2.24, 2.45) is 5.92 Å². The van der Waals surface area contributed by atoms with Gasteiger partial charge in [0.15, 0.2) is 0 Å². The zero-order chi connectivity index (χ0) is 13.3. The van der Waals surface area contributed by atoms with Crippen LogP contribution in [0.25, 0.3) is 6.08 Å². The molecule has 2 heterocycles. The molecule has 0 radical (unpaired) electrons. The van der Waals surface area contributed by atoms with Crippen molar-refractivity contribution in [2.45, 2.75) is 32.6 Å². The van der Waals surface area contributed by atoms with E-state index in [4.69, 9.17) is 9.47 Å². The van der Waals surface area contributed by atoms with E-state index in [0.717, 1.165) is 56.9 Å². The lowest BCUT2D eigenvalue weighted by Crippen LogP contribution is -2.13. The monoisotopic (exact) mass is 261 g/mol. The van der Waals surface area contributed by atoms with Crippen LogP contribution in [0.3, 0.4) is 0 Å². The molecule has 0 aromatic carbocycles. The van der Waals surface area contributed by atoms with Crippen LogP contribution < -0.4 is 4.74 Å². The summed E-state index contributed by atoms with van der Waals surface area (Å²) in [7, 11) is 0. The quantitative estimate of drug-likeness (QED) is 0.732. The number of ether oxygens (including phenoxy) is 2. The van der Waals surface area contributed by atoms with Crippen molar-refractivity contribution in [3.63, 3.8) is 0 Å². The summed E-state index contributed by atoms with van der Waals surface area (Å²) in [6.45, 7) is 4.69. The molecule has 19 heavy (non-hydrogen) atoms. The first-order valence-electron chi connectivity index (χ1n) is 7.23. The first-order valence-corrected chi connectivity index (χ1v) is 7.23. The van der Waals surface area contributed by atoms with Crippen LogP contribution in [0.1, 0.15) is 38.3 Å². The zero-order valence-corrected chi connectivity index (χ0v) is 11.7. The molecule has 0 N–H and O–H groups in total. The van der Waals surface area contributed by atoms with Crippen LogP contribution in [0.5, 0.6) is 5.75 Å². The number of rotatable bonds is 6. The summed E-state index contributed by atoms with van der Waals surface area (Å²) < 4.78 is 10.9. The summed E-state index contributed by atoms with van der Waals surface area (Å²) in [6, 6.07) is 4.00. The van der Waals surface area contributed by atoms with Crippen molar-refractivity contribution in [3.8, 4) is 5.75 Å². The molecule has 1 aromatic rings. The maximum atomic E-state index is 5.59. The second kappa shape index (κ2) is 7.95. The SMILES string of the molecule is CCCCOc1ccc(/C=C/C2CCOCC2)nc1. The lowest BCUT2D eigenvalue weighted by atomic mass is 9.99. The summed E-state index contributed by atoms with van der Waals surface area (Å²) >= 11 is 0. The Morgan fingerprint density at radius 2 is 2.21 bits per heavy atom. The summed E-state index contributed by atoms with van der Waals surface area (Å²) in [5, 5.41) is 0. The van der Waals surface area contributed by atoms with Gasteiger partial charge in [0, 0.05) is 13.2 Å². The van der Waals surface area contributed by atoms with Gasteiger partial charge in [-0.1, -0.05) is 19.4 Å². The second-order valence-electron chi connectivity index (χ2n) is 4.93. The Morgan fingerprint density at radius 1 is 1.37 bits per heavy atom. The molecule has 104 valence electrons. The number of hydrogen-bond acceptors (Lipinski definition) is 3. The molecule has 1 fully saturated rings. The van der Waals surface area contributed by atoms with Gasteiger partial charge in [0.2, 0.25) is 0 Å². The van der Waals surface area contributed by atoms with E-state index in [1.807, 2.05) is 12.1 Å². The third-order valence-corrected chi connectivity index (χ3v) is 3.33. The first kappa shape index (κ1) is 14.1. The van der Waals surface area contributed by atoms with Crippen LogP contribution >= 0.6 is 0 Å². The highest BCUT2D eigenvalue weighted by Crippen LogP contribution is 2.17. The molecule has 0 atom stereocenters. The highest BCUT2D eigenvalue weighted by molar-refractivity contribution is 5.45. The average molecular weight is 261 g/mol. The average Bonchev–Trinajstić information content (AvgIpc) is 2.48. The molecule has 3 heteroatoms. The number of pyridine rings is 1. The normalized spacial score (nSPS) is 16.9. The minimum Gasteiger partial charge on any atom is -0.492 e. The van der Waals surface area contributed by atoms with Gasteiger partial charge < -0.3 is 9.47 Å². The van der Waals surface area contributed by atoms with Crippen LogP contribution in [-0.4, -0.2) is 24.8 Å². The Bertz CT molecular complexity index is 380. The van der Waals surface area contributed by atoms with E-state index in [-0.39, 0.29) is 0 Å². The predicted octanol–water partition coefficient (Wildman–Crippen LogP) is 3.70. The summed E-state index contributed by atoms with van der Waals surface area (Å²) in [4.78, 5) is 4.40. The van der Waals surface area contributed by atoms with Gasteiger partial charge in [-0.3, -0.25) is 4.98 Å². The molecular formula is C16H23NO2. The summed E-state index contributed by atoms with van der Waals surface area (Å²) in [5.41, 5.74) is 0.995. The molecule has 1 aliphatic rings. The maximum absolute atomic E-state index is 5.59. The van der Waals surface area contributed by atoms with E-state index in [1.54, 1.807) is 6.20 Å². The van der Waals surface area contributed by atoms with Gasteiger partial charge in [0.1, 0.15) is 5.75 Å². The highest BCUT2D eigenvalue weighted by atomic mass is 16.5. The lowest BCUT2D eigenvalue weighted by molar-refractivity contribution is 0.0787. The molecule has 0 unspecified atom stereocenters. The van der Waals surface area contributed by atoms with Crippen LogP contribution in [0.2, 0.25) is 0 Å². The first-order chi connectivity index (χ1) is 9.38. The summed E-state index contributed by atoms with van der Waals surface area (Å²) in [5.74, 6) is 1.49. The minimum atomic E-state index is 0.635. The van der Waals surface area contributed by atoms with E-state index in [0.29, 0.717) is 5.92 Å². The standard InChI is InChI=1S/C16H23NO2/c1-2-3-10-19-16-7-6-15(17-13-16)5-4-14-8-11-18-12-9-14/h4-7,13-14H,2-3,8-12H2,1H3/b5-4+. The lowest BCUT2D eigenvalue weighted by Gasteiger charge is -2.18. The topological polar surface area (TPSA) is 31.4 Å². The van der Waals surface area contributed by atoms with Gasteiger partial charge >= 0.3 is 0 Å². The maximum Gasteiger partial charge on any atom is 0.137 e. The Hall–Kier alpha value is -1.35. The van der Waals surface area contributed by atoms with Gasteiger partial charge in [-0.2, -0.15) is 0 Å². The van der Waals surface area contributed by atoms with Gasteiger partial charge in [-0.05, 0) is 43.4 Å².